The van der Waals surface area contributed by atoms with Crippen molar-refractivity contribution in [2.45, 2.75) is 18.9 Å². The van der Waals surface area contributed by atoms with Gasteiger partial charge in [-0.2, -0.15) is 0 Å². The maximum Gasteiger partial charge on any atom is 0.207 e. The number of benzene rings is 2. The predicted molar refractivity (Wildman–Crippen MR) is 85.5 cm³/mol. The smallest absolute Gasteiger partial charge is 0.207 e. The first-order valence-corrected chi connectivity index (χ1v) is 7.34. The van der Waals surface area contributed by atoms with Crippen LogP contribution in [-0.2, 0) is 15.1 Å². The van der Waals surface area contributed by atoms with Crippen molar-refractivity contribution < 1.29 is 14.3 Å². The molecule has 0 bridgehead atoms. The molecule has 2 aromatic rings. The van der Waals surface area contributed by atoms with Gasteiger partial charge in [-0.25, -0.2) is 0 Å². The Morgan fingerprint density at radius 1 is 1.05 bits per heavy atom. The summed E-state index contributed by atoms with van der Waals surface area (Å²) in [5, 5.41) is 0. The van der Waals surface area contributed by atoms with Gasteiger partial charge in [0.15, 0.2) is 5.60 Å². The van der Waals surface area contributed by atoms with Gasteiger partial charge in [0.05, 0.1) is 7.11 Å². The van der Waals surface area contributed by atoms with Crippen molar-refractivity contribution in [3.05, 3.63) is 71.8 Å². The topological polar surface area (TPSA) is 35.5 Å². The number of carbonyl (C=O) groups excluding carboxylic acids is 1. The fraction of sp³-hybridized carbons (Fsp3) is 0.211. The maximum absolute atomic E-state index is 12.6. The van der Waals surface area contributed by atoms with Crippen molar-refractivity contribution in [1.82, 2.24) is 0 Å². The molecule has 1 aliphatic heterocycles. The van der Waals surface area contributed by atoms with Gasteiger partial charge in [0.25, 0.3) is 0 Å². The summed E-state index contributed by atoms with van der Waals surface area (Å²) in [4.78, 5) is 12.6. The van der Waals surface area contributed by atoms with Crippen molar-refractivity contribution in [1.29, 1.82) is 0 Å². The minimum absolute atomic E-state index is 0.00739. The third-order valence-corrected chi connectivity index (χ3v) is 4.06. The summed E-state index contributed by atoms with van der Waals surface area (Å²) < 4.78 is 11.3. The third kappa shape index (κ3) is 2.29. The van der Waals surface area contributed by atoms with Crippen molar-refractivity contribution in [2.75, 3.05) is 7.11 Å². The minimum Gasteiger partial charge on any atom is -0.497 e. The normalized spacial score (nSPS) is 20.5. The Morgan fingerprint density at radius 2 is 1.73 bits per heavy atom. The number of hydrogen-bond donors (Lipinski definition) is 0. The lowest BCUT2D eigenvalue weighted by molar-refractivity contribution is -0.129. The van der Waals surface area contributed by atoms with Gasteiger partial charge in [-0.05, 0) is 30.7 Å². The quantitative estimate of drug-likeness (QED) is 0.856. The van der Waals surface area contributed by atoms with E-state index in [0.717, 1.165) is 16.9 Å². The molecule has 112 valence electrons. The van der Waals surface area contributed by atoms with Gasteiger partial charge in [0.1, 0.15) is 11.5 Å². The monoisotopic (exact) mass is 294 g/mol. The molecule has 0 amide bonds. The van der Waals surface area contributed by atoms with Crippen molar-refractivity contribution in [3.8, 4) is 5.75 Å². The first-order chi connectivity index (χ1) is 10.7. The van der Waals surface area contributed by atoms with Crippen molar-refractivity contribution >= 4 is 11.5 Å². The highest BCUT2D eigenvalue weighted by molar-refractivity contribution is 6.05. The Morgan fingerprint density at radius 3 is 2.32 bits per heavy atom. The van der Waals surface area contributed by atoms with Gasteiger partial charge in [-0.3, -0.25) is 4.79 Å². The van der Waals surface area contributed by atoms with Crippen LogP contribution in [-0.4, -0.2) is 12.9 Å². The number of carbonyl (C=O) groups is 1. The summed E-state index contributed by atoms with van der Waals surface area (Å²) >= 11 is 0. The molecule has 1 atom stereocenters. The minimum atomic E-state index is -0.906. The average molecular weight is 294 g/mol. The molecule has 1 heterocycles. The average Bonchev–Trinajstić information content (AvgIpc) is 2.93. The highest BCUT2D eigenvalue weighted by Gasteiger charge is 2.44. The highest BCUT2D eigenvalue weighted by Crippen LogP contribution is 2.41. The van der Waals surface area contributed by atoms with E-state index >= 15 is 0 Å². The summed E-state index contributed by atoms with van der Waals surface area (Å²) in [5.74, 6) is 1.38. The lowest BCUT2D eigenvalue weighted by Crippen LogP contribution is -2.32. The maximum atomic E-state index is 12.6. The SMILES string of the molecule is CCC1(c2ccccc2)OC(c2ccc(OC)cc2)=CC1=O. The van der Waals surface area contributed by atoms with Gasteiger partial charge < -0.3 is 9.47 Å². The molecule has 0 fully saturated rings. The summed E-state index contributed by atoms with van der Waals surface area (Å²) in [7, 11) is 1.63. The van der Waals surface area contributed by atoms with Crippen LogP contribution in [0.4, 0.5) is 0 Å². The molecule has 1 aliphatic rings. The number of ketones is 1. The van der Waals surface area contributed by atoms with E-state index in [1.165, 1.54) is 0 Å². The largest absolute Gasteiger partial charge is 0.497 e. The molecule has 2 aromatic carbocycles. The molecule has 22 heavy (non-hydrogen) atoms. The lowest BCUT2D eigenvalue weighted by atomic mass is 9.88. The summed E-state index contributed by atoms with van der Waals surface area (Å²) in [6.07, 6.45) is 2.18. The Balaban J connectivity index is 1.94. The van der Waals surface area contributed by atoms with Crippen molar-refractivity contribution in [2.24, 2.45) is 0 Å². The molecule has 0 radical (unpaired) electrons. The summed E-state index contributed by atoms with van der Waals surface area (Å²) in [6.45, 7) is 1.97. The first kappa shape index (κ1) is 14.4. The Bertz CT molecular complexity index is 701. The fourth-order valence-electron chi connectivity index (χ4n) is 2.76. The zero-order valence-corrected chi connectivity index (χ0v) is 12.7. The van der Waals surface area contributed by atoms with Crippen LogP contribution in [0.3, 0.4) is 0 Å². The van der Waals surface area contributed by atoms with E-state index in [1.807, 2.05) is 61.5 Å². The van der Waals surface area contributed by atoms with Crippen LogP contribution in [0.1, 0.15) is 24.5 Å². The van der Waals surface area contributed by atoms with Crippen LogP contribution in [0.2, 0.25) is 0 Å². The molecular weight excluding hydrogens is 276 g/mol. The molecule has 3 rings (SSSR count). The van der Waals surface area contributed by atoms with Gasteiger partial charge >= 0.3 is 0 Å². The molecule has 3 heteroatoms. The second-order valence-electron chi connectivity index (χ2n) is 5.25. The van der Waals surface area contributed by atoms with Gasteiger partial charge in [-0.1, -0.05) is 37.3 Å². The zero-order valence-electron chi connectivity index (χ0n) is 12.7. The van der Waals surface area contributed by atoms with Crippen LogP contribution < -0.4 is 4.74 Å². The van der Waals surface area contributed by atoms with Crippen LogP contribution in [0.15, 0.2) is 60.7 Å². The molecule has 0 saturated carbocycles. The van der Waals surface area contributed by atoms with Gasteiger partial charge in [0.2, 0.25) is 5.78 Å². The van der Waals surface area contributed by atoms with E-state index in [-0.39, 0.29) is 5.78 Å². The zero-order chi connectivity index (χ0) is 15.6. The molecule has 1 unspecified atom stereocenters. The Kier molecular flexibility index (Phi) is 3.72. The number of hydrogen-bond acceptors (Lipinski definition) is 3. The summed E-state index contributed by atoms with van der Waals surface area (Å²) in [6, 6.07) is 17.2. The first-order valence-electron chi connectivity index (χ1n) is 7.34. The van der Waals surface area contributed by atoms with E-state index in [1.54, 1.807) is 13.2 Å². The van der Waals surface area contributed by atoms with E-state index in [2.05, 4.69) is 0 Å². The molecule has 3 nitrogen and oxygen atoms in total. The number of methoxy groups -OCH3 is 1. The predicted octanol–water partition coefficient (Wildman–Crippen LogP) is 3.94. The molecule has 0 spiro atoms. The van der Waals surface area contributed by atoms with Crippen LogP contribution in [0.25, 0.3) is 5.76 Å². The Hall–Kier alpha value is -2.55. The number of ether oxygens (including phenoxy) is 2. The van der Waals surface area contributed by atoms with Gasteiger partial charge in [-0.15, -0.1) is 0 Å². The van der Waals surface area contributed by atoms with E-state index < -0.39 is 5.60 Å². The van der Waals surface area contributed by atoms with Crippen molar-refractivity contribution in [3.63, 3.8) is 0 Å². The number of rotatable bonds is 4. The fourth-order valence-corrected chi connectivity index (χ4v) is 2.76. The second-order valence-corrected chi connectivity index (χ2v) is 5.25. The lowest BCUT2D eigenvalue weighted by Gasteiger charge is -2.27. The second kappa shape index (κ2) is 5.68. The van der Waals surface area contributed by atoms with Crippen LogP contribution >= 0.6 is 0 Å². The van der Waals surface area contributed by atoms with E-state index in [0.29, 0.717) is 12.2 Å². The molecule has 0 aliphatic carbocycles. The Labute approximate surface area is 130 Å². The van der Waals surface area contributed by atoms with Crippen LogP contribution in [0.5, 0.6) is 5.75 Å². The summed E-state index contributed by atoms with van der Waals surface area (Å²) in [5.41, 5.74) is 0.860. The standard InChI is InChI=1S/C19H18O3/c1-3-19(15-7-5-4-6-8-15)18(20)13-17(22-19)14-9-11-16(21-2)12-10-14/h4-13H,3H2,1-2H3. The molecule has 0 aromatic heterocycles. The molecular formula is C19H18O3. The highest BCUT2D eigenvalue weighted by atomic mass is 16.5. The molecule has 0 N–H and O–H groups in total. The van der Waals surface area contributed by atoms with Crippen LogP contribution in [0, 0.1) is 0 Å². The molecule has 0 saturated heterocycles. The third-order valence-electron chi connectivity index (χ3n) is 4.06. The van der Waals surface area contributed by atoms with E-state index in [4.69, 9.17) is 9.47 Å². The van der Waals surface area contributed by atoms with E-state index in [9.17, 15) is 4.79 Å². The van der Waals surface area contributed by atoms with Gasteiger partial charge in [0, 0.05) is 17.2 Å².